The number of rotatable bonds is 6. The molecule has 0 unspecified atom stereocenters. The Morgan fingerprint density at radius 1 is 1.58 bits per heavy atom. The highest BCUT2D eigenvalue weighted by atomic mass is 16.5. The van der Waals surface area contributed by atoms with Crippen LogP contribution in [0.3, 0.4) is 0 Å². The first-order valence-corrected chi connectivity index (χ1v) is 6.89. The van der Waals surface area contributed by atoms with Crippen LogP contribution in [0.15, 0.2) is 12.4 Å². The first-order valence-electron chi connectivity index (χ1n) is 6.89. The van der Waals surface area contributed by atoms with E-state index < -0.39 is 0 Å². The summed E-state index contributed by atoms with van der Waals surface area (Å²) in [5.74, 6) is 1.64. The molecular formula is C13H22N4O2. The number of hydrogen-bond acceptors (Lipinski definition) is 3. The highest BCUT2D eigenvalue weighted by Gasteiger charge is 2.18. The minimum atomic E-state index is -0.115. The maximum absolute atomic E-state index is 11.5. The molecule has 19 heavy (non-hydrogen) atoms. The molecule has 0 aliphatic carbocycles. The Morgan fingerprint density at radius 2 is 2.47 bits per heavy atom. The van der Waals surface area contributed by atoms with Crippen molar-refractivity contribution in [3.63, 3.8) is 0 Å². The Bertz CT molecular complexity index is 405. The summed E-state index contributed by atoms with van der Waals surface area (Å²) < 4.78 is 7.33. The van der Waals surface area contributed by atoms with Crippen LogP contribution in [0, 0.1) is 5.92 Å². The quantitative estimate of drug-likeness (QED) is 0.748. The van der Waals surface area contributed by atoms with E-state index in [-0.39, 0.29) is 6.03 Å². The third kappa shape index (κ3) is 4.24. The largest absolute Gasteiger partial charge is 0.380 e. The smallest absolute Gasteiger partial charge is 0.314 e. The number of nitrogens with zero attached hydrogens (tertiary/aromatic N) is 2. The minimum absolute atomic E-state index is 0.115. The summed E-state index contributed by atoms with van der Waals surface area (Å²) in [6, 6.07) is -0.115. The van der Waals surface area contributed by atoms with Crippen molar-refractivity contribution in [2.24, 2.45) is 5.92 Å². The fraction of sp³-hybridized carbons (Fsp3) is 0.692. The maximum atomic E-state index is 11.5. The van der Waals surface area contributed by atoms with E-state index in [2.05, 4.69) is 20.2 Å². The zero-order chi connectivity index (χ0) is 13.5. The number of amides is 2. The van der Waals surface area contributed by atoms with Gasteiger partial charge in [-0.05, 0) is 19.3 Å². The number of aromatic nitrogens is 2. The molecule has 6 heteroatoms. The second-order valence-electron chi connectivity index (χ2n) is 4.73. The van der Waals surface area contributed by atoms with E-state index in [0.717, 1.165) is 25.2 Å². The van der Waals surface area contributed by atoms with E-state index in [1.54, 1.807) is 0 Å². The van der Waals surface area contributed by atoms with E-state index in [9.17, 15) is 4.79 Å². The van der Waals surface area contributed by atoms with Crippen LogP contribution in [0.4, 0.5) is 4.79 Å². The minimum Gasteiger partial charge on any atom is -0.380 e. The molecule has 1 aliphatic rings. The number of urea groups is 1. The molecule has 2 N–H and O–H groups in total. The topological polar surface area (TPSA) is 68.2 Å². The molecule has 1 aliphatic heterocycles. The van der Waals surface area contributed by atoms with Crippen LogP contribution in [-0.2, 0) is 17.7 Å². The number of imidazole rings is 1. The molecule has 0 spiro atoms. The molecule has 2 rings (SSSR count). The number of aryl methyl sites for hydroxylation is 1. The molecule has 0 radical (unpaired) electrons. The van der Waals surface area contributed by atoms with Crippen molar-refractivity contribution in [2.75, 3.05) is 26.3 Å². The lowest BCUT2D eigenvalue weighted by atomic mass is 9.99. The summed E-state index contributed by atoms with van der Waals surface area (Å²) in [6.45, 7) is 5.38. The molecule has 0 bridgehead atoms. The lowest BCUT2D eigenvalue weighted by Gasteiger charge is -2.24. The SMILES string of the molecule is CCOCCNC(=O)NC[C@@H]1CCc2nccn2C1. The summed E-state index contributed by atoms with van der Waals surface area (Å²) >= 11 is 0. The van der Waals surface area contributed by atoms with E-state index in [0.29, 0.717) is 32.2 Å². The highest BCUT2D eigenvalue weighted by molar-refractivity contribution is 5.73. The van der Waals surface area contributed by atoms with Gasteiger partial charge in [0.05, 0.1) is 6.61 Å². The van der Waals surface area contributed by atoms with Crippen LogP contribution < -0.4 is 10.6 Å². The number of ether oxygens (including phenoxy) is 1. The van der Waals surface area contributed by atoms with Gasteiger partial charge in [-0.2, -0.15) is 0 Å². The number of hydrogen-bond donors (Lipinski definition) is 2. The number of carbonyl (C=O) groups is 1. The van der Waals surface area contributed by atoms with Gasteiger partial charge in [-0.25, -0.2) is 9.78 Å². The van der Waals surface area contributed by atoms with E-state index in [1.165, 1.54) is 0 Å². The van der Waals surface area contributed by atoms with Gasteiger partial charge in [0.15, 0.2) is 0 Å². The second kappa shape index (κ2) is 7.13. The van der Waals surface area contributed by atoms with Gasteiger partial charge in [-0.3, -0.25) is 0 Å². The van der Waals surface area contributed by atoms with Crippen molar-refractivity contribution in [3.8, 4) is 0 Å². The summed E-state index contributed by atoms with van der Waals surface area (Å²) in [5.41, 5.74) is 0. The first-order chi connectivity index (χ1) is 9.29. The maximum Gasteiger partial charge on any atom is 0.314 e. The van der Waals surface area contributed by atoms with E-state index >= 15 is 0 Å². The summed E-state index contributed by atoms with van der Waals surface area (Å²) in [5, 5.41) is 5.69. The Balaban J connectivity index is 1.62. The lowest BCUT2D eigenvalue weighted by molar-refractivity contribution is 0.149. The zero-order valence-electron chi connectivity index (χ0n) is 11.4. The van der Waals surface area contributed by atoms with E-state index in [4.69, 9.17) is 4.74 Å². The molecule has 0 saturated heterocycles. The van der Waals surface area contributed by atoms with Crippen LogP contribution in [0.1, 0.15) is 19.2 Å². The highest BCUT2D eigenvalue weighted by Crippen LogP contribution is 2.17. The fourth-order valence-corrected chi connectivity index (χ4v) is 2.28. The Labute approximate surface area is 113 Å². The molecule has 0 aromatic carbocycles. The standard InChI is InChI=1S/C13H22N4O2/c1-2-19-8-6-15-13(18)16-9-11-3-4-12-14-5-7-17(12)10-11/h5,7,11H,2-4,6,8-10H2,1H3,(H2,15,16,18)/t11-/m0/s1. The molecule has 1 atom stereocenters. The Hall–Kier alpha value is -1.56. The zero-order valence-corrected chi connectivity index (χ0v) is 11.4. The Kier molecular flexibility index (Phi) is 5.20. The fourth-order valence-electron chi connectivity index (χ4n) is 2.28. The molecule has 0 saturated carbocycles. The summed E-state index contributed by atoms with van der Waals surface area (Å²) in [4.78, 5) is 15.8. The number of carbonyl (C=O) groups excluding carboxylic acids is 1. The van der Waals surface area contributed by atoms with E-state index in [1.807, 2.05) is 19.3 Å². The third-order valence-electron chi connectivity index (χ3n) is 3.32. The van der Waals surface area contributed by atoms with Gasteiger partial charge in [-0.1, -0.05) is 0 Å². The van der Waals surface area contributed by atoms with Crippen molar-refractivity contribution in [1.29, 1.82) is 0 Å². The van der Waals surface area contributed by atoms with Gasteiger partial charge in [0.2, 0.25) is 0 Å². The van der Waals surface area contributed by atoms with Crippen LogP contribution in [0.25, 0.3) is 0 Å². The monoisotopic (exact) mass is 266 g/mol. The summed E-state index contributed by atoms with van der Waals surface area (Å²) in [6.07, 6.45) is 5.91. The predicted octanol–water partition coefficient (Wildman–Crippen LogP) is 0.781. The van der Waals surface area contributed by atoms with Crippen LogP contribution in [0.2, 0.25) is 0 Å². The van der Waals surface area contributed by atoms with Crippen LogP contribution in [0.5, 0.6) is 0 Å². The molecule has 2 amide bonds. The van der Waals surface area contributed by atoms with Crippen molar-refractivity contribution >= 4 is 6.03 Å². The molecule has 106 valence electrons. The number of fused-ring (bicyclic) bond motifs is 1. The molecule has 6 nitrogen and oxygen atoms in total. The number of nitrogens with one attached hydrogen (secondary N) is 2. The van der Waals surface area contributed by atoms with Gasteiger partial charge in [0.25, 0.3) is 0 Å². The van der Waals surface area contributed by atoms with Gasteiger partial charge < -0.3 is 19.9 Å². The van der Waals surface area contributed by atoms with Crippen molar-refractivity contribution < 1.29 is 9.53 Å². The predicted molar refractivity (Wildman–Crippen MR) is 71.9 cm³/mol. The average molecular weight is 266 g/mol. The normalized spacial score (nSPS) is 17.8. The van der Waals surface area contributed by atoms with Crippen molar-refractivity contribution in [3.05, 3.63) is 18.2 Å². The lowest BCUT2D eigenvalue weighted by Crippen LogP contribution is -2.41. The van der Waals surface area contributed by atoms with Crippen molar-refractivity contribution in [2.45, 2.75) is 26.3 Å². The van der Waals surface area contributed by atoms with Gasteiger partial charge in [-0.15, -0.1) is 0 Å². The molecule has 1 aromatic heterocycles. The molecular weight excluding hydrogens is 244 g/mol. The summed E-state index contributed by atoms with van der Waals surface area (Å²) in [7, 11) is 0. The average Bonchev–Trinajstić information content (AvgIpc) is 2.89. The Morgan fingerprint density at radius 3 is 3.32 bits per heavy atom. The third-order valence-corrected chi connectivity index (χ3v) is 3.32. The molecule has 2 heterocycles. The van der Waals surface area contributed by atoms with Gasteiger partial charge >= 0.3 is 6.03 Å². The van der Waals surface area contributed by atoms with Gasteiger partial charge in [0, 0.05) is 45.1 Å². The first kappa shape index (κ1) is 13.9. The molecule has 1 aromatic rings. The van der Waals surface area contributed by atoms with Crippen LogP contribution >= 0.6 is 0 Å². The molecule has 0 fully saturated rings. The van der Waals surface area contributed by atoms with Gasteiger partial charge in [0.1, 0.15) is 5.82 Å². The second-order valence-corrected chi connectivity index (χ2v) is 4.73. The van der Waals surface area contributed by atoms with Crippen LogP contribution in [-0.4, -0.2) is 41.9 Å². The van der Waals surface area contributed by atoms with Crippen molar-refractivity contribution in [1.82, 2.24) is 20.2 Å².